The minimum absolute atomic E-state index is 0.497. The summed E-state index contributed by atoms with van der Waals surface area (Å²) in [6.07, 6.45) is 0. The Morgan fingerprint density at radius 1 is 1.05 bits per heavy atom. The summed E-state index contributed by atoms with van der Waals surface area (Å²) in [6.45, 7) is 7.93. The maximum absolute atomic E-state index is 5.75. The summed E-state index contributed by atoms with van der Waals surface area (Å²) in [6, 6.07) is 4.23. The Kier molecular flexibility index (Phi) is 3.98. The minimum Gasteiger partial charge on any atom is -0.411 e. The van der Waals surface area contributed by atoms with Gasteiger partial charge >= 0.3 is 0 Å². The standard InChI is InChI=1S/C15H16N4O2S/c1-8-5-9(2)13(10(3)6-8)14-17-18-15(20-14)22-7-12-16-11(4)21-19-12/h5-6H,7H2,1-4H3. The van der Waals surface area contributed by atoms with E-state index in [1.54, 1.807) is 6.92 Å². The summed E-state index contributed by atoms with van der Waals surface area (Å²) < 4.78 is 10.7. The quantitative estimate of drug-likeness (QED) is 0.680. The van der Waals surface area contributed by atoms with Gasteiger partial charge in [0.25, 0.3) is 5.22 Å². The van der Waals surface area contributed by atoms with Gasteiger partial charge in [-0.05, 0) is 31.9 Å². The van der Waals surface area contributed by atoms with Crippen molar-refractivity contribution in [2.75, 3.05) is 0 Å². The maximum Gasteiger partial charge on any atom is 0.277 e. The zero-order valence-corrected chi connectivity index (χ0v) is 13.7. The lowest BCUT2D eigenvalue weighted by molar-refractivity contribution is 0.389. The van der Waals surface area contributed by atoms with Gasteiger partial charge < -0.3 is 8.94 Å². The molecule has 2 aromatic heterocycles. The molecule has 7 heteroatoms. The molecular weight excluding hydrogens is 300 g/mol. The zero-order valence-electron chi connectivity index (χ0n) is 12.9. The Morgan fingerprint density at radius 2 is 1.77 bits per heavy atom. The van der Waals surface area contributed by atoms with Crippen molar-refractivity contribution in [2.45, 2.75) is 38.7 Å². The van der Waals surface area contributed by atoms with Crippen LogP contribution in [0.4, 0.5) is 0 Å². The zero-order chi connectivity index (χ0) is 15.7. The molecule has 0 bridgehead atoms. The molecule has 3 aromatic rings. The SMILES string of the molecule is Cc1cc(C)c(-c2nnc(SCc3noc(C)n3)o2)c(C)c1. The first-order valence-corrected chi connectivity index (χ1v) is 7.85. The Morgan fingerprint density at radius 3 is 2.41 bits per heavy atom. The number of benzene rings is 1. The minimum atomic E-state index is 0.497. The molecule has 0 aliphatic heterocycles. The van der Waals surface area contributed by atoms with E-state index >= 15 is 0 Å². The van der Waals surface area contributed by atoms with Crippen LogP contribution in [0.25, 0.3) is 11.5 Å². The number of thioether (sulfide) groups is 1. The normalized spacial score (nSPS) is 11.1. The van der Waals surface area contributed by atoms with Crippen LogP contribution in [0.3, 0.4) is 0 Å². The van der Waals surface area contributed by atoms with E-state index in [-0.39, 0.29) is 0 Å². The van der Waals surface area contributed by atoms with Gasteiger partial charge in [0.15, 0.2) is 5.82 Å². The summed E-state index contributed by atoms with van der Waals surface area (Å²) in [7, 11) is 0. The highest BCUT2D eigenvalue weighted by atomic mass is 32.2. The number of nitrogens with zero attached hydrogens (tertiary/aromatic N) is 4. The van der Waals surface area contributed by atoms with Crippen molar-refractivity contribution < 1.29 is 8.94 Å². The van der Waals surface area contributed by atoms with E-state index in [0.29, 0.717) is 28.6 Å². The highest BCUT2D eigenvalue weighted by molar-refractivity contribution is 7.98. The van der Waals surface area contributed by atoms with Gasteiger partial charge in [-0.1, -0.05) is 34.6 Å². The van der Waals surface area contributed by atoms with Crippen LogP contribution in [0.5, 0.6) is 0 Å². The Labute approximate surface area is 132 Å². The molecule has 0 aliphatic carbocycles. The van der Waals surface area contributed by atoms with E-state index in [1.165, 1.54) is 17.3 Å². The average molecular weight is 316 g/mol. The third-order valence-electron chi connectivity index (χ3n) is 3.19. The lowest BCUT2D eigenvalue weighted by Crippen LogP contribution is -1.90. The Bertz CT molecular complexity index is 786. The molecule has 0 aliphatic rings. The van der Waals surface area contributed by atoms with E-state index < -0.39 is 0 Å². The molecule has 0 N–H and O–H groups in total. The van der Waals surface area contributed by atoms with E-state index in [0.717, 1.165) is 16.7 Å². The summed E-state index contributed by atoms with van der Waals surface area (Å²) in [5.41, 5.74) is 4.48. The lowest BCUT2D eigenvalue weighted by Gasteiger charge is -2.06. The van der Waals surface area contributed by atoms with Crippen molar-refractivity contribution in [3.63, 3.8) is 0 Å². The highest BCUT2D eigenvalue weighted by Gasteiger charge is 2.15. The van der Waals surface area contributed by atoms with E-state index in [4.69, 9.17) is 8.94 Å². The smallest absolute Gasteiger partial charge is 0.277 e. The topological polar surface area (TPSA) is 77.8 Å². The van der Waals surface area contributed by atoms with Gasteiger partial charge in [0.2, 0.25) is 11.8 Å². The third kappa shape index (κ3) is 3.04. The van der Waals surface area contributed by atoms with Crippen molar-refractivity contribution in [2.24, 2.45) is 0 Å². The molecule has 1 aromatic carbocycles. The molecular formula is C15H16N4O2S. The molecule has 0 radical (unpaired) electrons. The predicted octanol–water partition coefficient (Wildman–Crippen LogP) is 3.65. The van der Waals surface area contributed by atoms with Gasteiger partial charge in [-0.2, -0.15) is 4.98 Å². The van der Waals surface area contributed by atoms with Gasteiger partial charge in [-0.15, -0.1) is 10.2 Å². The molecule has 2 heterocycles. The fourth-order valence-corrected chi connectivity index (χ4v) is 3.02. The molecule has 0 amide bonds. The number of rotatable bonds is 4. The predicted molar refractivity (Wildman–Crippen MR) is 82.5 cm³/mol. The highest BCUT2D eigenvalue weighted by Crippen LogP contribution is 2.30. The molecule has 0 fully saturated rings. The van der Waals surface area contributed by atoms with Crippen LogP contribution >= 0.6 is 11.8 Å². The van der Waals surface area contributed by atoms with Crippen molar-refractivity contribution in [1.29, 1.82) is 0 Å². The van der Waals surface area contributed by atoms with Gasteiger partial charge in [0, 0.05) is 12.5 Å². The Hall–Kier alpha value is -2.15. The number of hydrogen-bond acceptors (Lipinski definition) is 7. The van der Waals surface area contributed by atoms with Crippen LogP contribution < -0.4 is 0 Å². The van der Waals surface area contributed by atoms with Crippen molar-refractivity contribution in [3.05, 3.63) is 40.5 Å². The second-order valence-electron chi connectivity index (χ2n) is 5.17. The van der Waals surface area contributed by atoms with Gasteiger partial charge in [0.1, 0.15) is 0 Å². The first-order valence-electron chi connectivity index (χ1n) is 6.86. The molecule has 0 spiro atoms. The lowest BCUT2D eigenvalue weighted by atomic mass is 10.00. The first-order chi connectivity index (χ1) is 10.5. The van der Waals surface area contributed by atoms with E-state index in [1.807, 2.05) is 0 Å². The molecule has 3 rings (SSSR count). The fourth-order valence-electron chi connectivity index (χ4n) is 2.41. The number of aromatic nitrogens is 4. The molecule has 0 saturated carbocycles. The largest absolute Gasteiger partial charge is 0.411 e. The fraction of sp³-hybridized carbons (Fsp3) is 0.333. The second kappa shape index (κ2) is 5.92. The van der Waals surface area contributed by atoms with Crippen LogP contribution in [0.15, 0.2) is 26.3 Å². The first kappa shape index (κ1) is 14.8. The van der Waals surface area contributed by atoms with Crippen molar-refractivity contribution >= 4 is 11.8 Å². The van der Waals surface area contributed by atoms with Crippen LogP contribution in [-0.4, -0.2) is 20.3 Å². The molecule has 6 nitrogen and oxygen atoms in total. The molecule has 0 atom stereocenters. The number of hydrogen-bond donors (Lipinski definition) is 0. The van der Waals surface area contributed by atoms with Crippen LogP contribution in [0.2, 0.25) is 0 Å². The summed E-state index contributed by atoms with van der Waals surface area (Å²) in [4.78, 5) is 4.14. The van der Waals surface area contributed by atoms with Gasteiger partial charge in [0.05, 0.1) is 5.75 Å². The summed E-state index contributed by atoms with van der Waals surface area (Å²) >= 11 is 1.39. The van der Waals surface area contributed by atoms with Crippen LogP contribution in [0, 0.1) is 27.7 Å². The van der Waals surface area contributed by atoms with E-state index in [9.17, 15) is 0 Å². The molecule has 22 heavy (non-hydrogen) atoms. The summed E-state index contributed by atoms with van der Waals surface area (Å²) in [5, 5.41) is 12.6. The second-order valence-corrected chi connectivity index (χ2v) is 6.09. The van der Waals surface area contributed by atoms with Crippen LogP contribution in [0.1, 0.15) is 28.4 Å². The average Bonchev–Trinajstić information content (AvgIpc) is 3.04. The van der Waals surface area contributed by atoms with Gasteiger partial charge in [-0.25, -0.2) is 0 Å². The Balaban J connectivity index is 1.79. The van der Waals surface area contributed by atoms with Crippen molar-refractivity contribution in [1.82, 2.24) is 20.3 Å². The van der Waals surface area contributed by atoms with Gasteiger partial charge in [-0.3, -0.25) is 0 Å². The van der Waals surface area contributed by atoms with Crippen molar-refractivity contribution in [3.8, 4) is 11.5 Å². The molecule has 114 valence electrons. The summed E-state index contributed by atoms with van der Waals surface area (Å²) in [5.74, 6) is 2.24. The molecule has 0 unspecified atom stereocenters. The number of aryl methyl sites for hydroxylation is 4. The van der Waals surface area contributed by atoms with Crippen LogP contribution in [-0.2, 0) is 5.75 Å². The monoisotopic (exact) mass is 316 g/mol. The molecule has 0 saturated heterocycles. The third-order valence-corrected chi connectivity index (χ3v) is 4.01. The maximum atomic E-state index is 5.75. The van der Waals surface area contributed by atoms with E-state index in [2.05, 4.69) is 53.2 Å².